The van der Waals surface area contributed by atoms with Crippen LogP contribution in [0.5, 0.6) is 0 Å². The molecule has 0 saturated carbocycles. The minimum Gasteiger partial charge on any atom is -0.258 e. The molecule has 9 heteroatoms. The number of nitro groups is 1. The first-order chi connectivity index (χ1) is 7.27. The van der Waals surface area contributed by atoms with E-state index in [-0.39, 0.29) is 10.6 Å². The molecule has 0 aliphatic carbocycles. The number of benzene rings is 1. The summed E-state index contributed by atoms with van der Waals surface area (Å²) in [6.07, 6.45) is 0. The second-order valence-corrected chi connectivity index (χ2v) is 5.55. The minimum absolute atomic E-state index is 0.202. The van der Waals surface area contributed by atoms with Gasteiger partial charge in [0.05, 0.1) is 15.5 Å². The molecule has 0 saturated heterocycles. The molecular formula is C7H2Cl2N2O4S. The first kappa shape index (κ1) is 12.7. The van der Waals surface area contributed by atoms with Crippen molar-refractivity contribution in [3.63, 3.8) is 0 Å². The van der Waals surface area contributed by atoms with Gasteiger partial charge < -0.3 is 0 Å². The van der Waals surface area contributed by atoms with Crippen molar-refractivity contribution < 1.29 is 13.3 Å². The van der Waals surface area contributed by atoms with Crippen molar-refractivity contribution in [1.82, 2.24) is 0 Å². The summed E-state index contributed by atoms with van der Waals surface area (Å²) in [6.45, 7) is 0. The third kappa shape index (κ3) is 2.41. The zero-order valence-electron chi connectivity index (χ0n) is 7.35. The Balaban J connectivity index is 3.71. The number of nitriles is 1. The van der Waals surface area contributed by atoms with Gasteiger partial charge in [0.1, 0.15) is 6.07 Å². The molecule has 0 heterocycles. The first-order valence-corrected chi connectivity index (χ1v) is 6.29. The van der Waals surface area contributed by atoms with E-state index in [1.165, 1.54) is 0 Å². The lowest BCUT2D eigenvalue weighted by atomic mass is 10.2. The lowest BCUT2D eigenvalue weighted by Crippen LogP contribution is -2.00. The van der Waals surface area contributed by atoms with E-state index in [0.717, 1.165) is 12.1 Å². The predicted octanol–water partition coefficient (Wildman–Crippen LogP) is 2.05. The fraction of sp³-hybridized carbons (Fsp3) is 0. The highest BCUT2D eigenvalue weighted by atomic mass is 35.7. The quantitative estimate of drug-likeness (QED) is 0.469. The monoisotopic (exact) mass is 280 g/mol. The smallest absolute Gasteiger partial charge is 0.258 e. The largest absolute Gasteiger partial charge is 0.290 e. The van der Waals surface area contributed by atoms with Crippen molar-refractivity contribution in [2.45, 2.75) is 4.90 Å². The summed E-state index contributed by atoms with van der Waals surface area (Å²) in [6, 6.07) is 3.14. The van der Waals surface area contributed by atoms with Crippen molar-refractivity contribution in [3.8, 4) is 6.07 Å². The van der Waals surface area contributed by atoms with E-state index in [2.05, 4.69) is 0 Å². The van der Waals surface area contributed by atoms with Gasteiger partial charge in [0.15, 0.2) is 4.90 Å². The molecule has 84 valence electrons. The molecule has 0 aliphatic rings. The topological polar surface area (TPSA) is 101 Å². The van der Waals surface area contributed by atoms with Crippen LogP contribution in [0.15, 0.2) is 17.0 Å². The Hall–Kier alpha value is -1.36. The number of nitrogens with zero attached hydrogens (tertiary/aromatic N) is 2. The maximum Gasteiger partial charge on any atom is 0.290 e. The third-order valence-electron chi connectivity index (χ3n) is 1.63. The van der Waals surface area contributed by atoms with Crippen molar-refractivity contribution >= 4 is 37.0 Å². The van der Waals surface area contributed by atoms with Crippen LogP contribution >= 0.6 is 22.3 Å². The van der Waals surface area contributed by atoms with Crippen LogP contribution in [0, 0.1) is 21.4 Å². The van der Waals surface area contributed by atoms with Crippen molar-refractivity contribution in [2.75, 3.05) is 0 Å². The average Bonchev–Trinajstić information content (AvgIpc) is 2.15. The van der Waals surface area contributed by atoms with Gasteiger partial charge in [0.25, 0.3) is 14.7 Å². The zero-order valence-corrected chi connectivity index (χ0v) is 9.67. The van der Waals surface area contributed by atoms with Crippen LogP contribution in [0.2, 0.25) is 5.02 Å². The number of halogens is 2. The number of nitro benzene ring substituents is 1. The highest BCUT2D eigenvalue weighted by Gasteiger charge is 2.26. The molecule has 0 atom stereocenters. The van der Waals surface area contributed by atoms with E-state index in [1.54, 1.807) is 6.07 Å². The Kier molecular flexibility index (Phi) is 3.38. The molecule has 1 aromatic carbocycles. The normalized spacial score (nSPS) is 10.8. The van der Waals surface area contributed by atoms with Crippen LogP contribution in [0.3, 0.4) is 0 Å². The molecule has 0 fully saturated rings. The Labute approximate surface area is 99.6 Å². The summed E-state index contributed by atoms with van der Waals surface area (Å²) < 4.78 is 22.1. The molecule has 1 aromatic rings. The van der Waals surface area contributed by atoms with Gasteiger partial charge in [0, 0.05) is 16.7 Å². The molecule has 1 rings (SSSR count). The van der Waals surface area contributed by atoms with E-state index < -0.39 is 24.6 Å². The third-order valence-corrected chi connectivity index (χ3v) is 3.29. The van der Waals surface area contributed by atoms with E-state index in [4.69, 9.17) is 27.5 Å². The SMILES string of the molecule is N#Cc1cc(S(=O)(=O)Cl)c([N+](=O)[O-])cc1Cl. The molecule has 0 aliphatic heterocycles. The Morgan fingerprint density at radius 1 is 1.44 bits per heavy atom. The van der Waals surface area contributed by atoms with Crippen molar-refractivity contribution in [1.29, 1.82) is 5.26 Å². The summed E-state index contributed by atoms with van der Waals surface area (Å²) in [5.74, 6) is 0. The van der Waals surface area contributed by atoms with Gasteiger partial charge in [-0.25, -0.2) is 8.42 Å². The summed E-state index contributed by atoms with van der Waals surface area (Å²) in [4.78, 5) is 8.87. The van der Waals surface area contributed by atoms with Crippen LogP contribution in [0.25, 0.3) is 0 Å². The number of hydrogen-bond donors (Lipinski definition) is 0. The van der Waals surface area contributed by atoms with E-state index in [9.17, 15) is 18.5 Å². The summed E-state index contributed by atoms with van der Waals surface area (Å²) in [7, 11) is 0.697. The Bertz CT molecular complexity index is 606. The first-order valence-electron chi connectivity index (χ1n) is 3.60. The lowest BCUT2D eigenvalue weighted by molar-refractivity contribution is -0.387. The molecule has 0 N–H and O–H groups in total. The fourth-order valence-corrected chi connectivity index (χ4v) is 2.18. The van der Waals surface area contributed by atoms with Gasteiger partial charge in [-0.3, -0.25) is 10.1 Å². The molecule has 0 radical (unpaired) electrons. The van der Waals surface area contributed by atoms with Crippen LogP contribution in [-0.2, 0) is 9.05 Å². The molecular weight excluding hydrogens is 279 g/mol. The number of hydrogen-bond acceptors (Lipinski definition) is 5. The van der Waals surface area contributed by atoms with Crippen LogP contribution in [0.4, 0.5) is 5.69 Å². The van der Waals surface area contributed by atoms with Gasteiger partial charge in [-0.1, -0.05) is 11.6 Å². The van der Waals surface area contributed by atoms with E-state index in [1.807, 2.05) is 0 Å². The van der Waals surface area contributed by atoms with Gasteiger partial charge in [-0.05, 0) is 6.07 Å². The molecule has 0 aromatic heterocycles. The van der Waals surface area contributed by atoms with E-state index >= 15 is 0 Å². The second-order valence-electron chi connectivity index (χ2n) is 2.61. The Morgan fingerprint density at radius 3 is 2.38 bits per heavy atom. The molecule has 0 amide bonds. The maximum absolute atomic E-state index is 11.0. The highest BCUT2D eigenvalue weighted by molar-refractivity contribution is 8.13. The van der Waals surface area contributed by atoms with Gasteiger partial charge >= 0.3 is 0 Å². The van der Waals surface area contributed by atoms with E-state index in [0.29, 0.717) is 0 Å². The van der Waals surface area contributed by atoms with Crippen LogP contribution in [-0.4, -0.2) is 13.3 Å². The van der Waals surface area contributed by atoms with Gasteiger partial charge in [-0.2, -0.15) is 5.26 Å². The highest BCUT2D eigenvalue weighted by Crippen LogP contribution is 2.31. The molecule has 0 bridgehead atoms. The van der Waals surface area contributed by atoms with Crippen LogP contribution in [0.1, 0.15) is 5.56 Å². The average molecular weight is 281 g/mol. The summed E-state index contributed by atoms with van der Waals surface area (Å²) in [5, 5.41) is 18.9. The molecule has 6 nitrogen and oxygen atoms in total. The second kappa shape index (κ2) is 4.25. The predicted molar refractivity (Wildman–Crippen MR) is 55.9 cm³/mol. The van der Waals surface area contributed by atoms with Crippen molar-refractivity contribution in [3.05, 3.63) is 32.8 Å². The van der Waals surface area contributed by atoms with Crippen molar-refractivity contribution in [2.24, 2.45) is 0 Å². The maximum atomic E-state index is 11.0. The Morgan fingerprint density at radius 2 is 2.00 bits per heavy atom. The fourth-order valence-electron chi connectivity index (χ4n) is 0.967. The standard InChI is InChI=1S/C7H2Cl2N2O4S/c8-5-2-6(11(12)13)7(16(9,14)15)1-4(5)3-10/h1-2H. The van der Waals surface area contributed by atoms with Gasteiger partial charge in [0.2, 0.25) is 0 Å². The summed E-state index contributed by atoms with van der Waals surface area (Å²) >= 11 is 5.53. The van der Waals surface area contributed by atoms with Gasteiger partial charge in [-0.15, -0.1) is 0 Å². The number of rotatable bonds is 2. The molecule has 0 spiro atoms. The molecule has 16 heavy (non-hydrogen) atoms. The lowest BCUT2D eigenvalue weighted by Gasteiger charge is -2.01. The van der Waals surface area contributed by atoms with Crippen LogP contribution < -0.4 is 0 Å². The summed E-state index contributed by atoms with van der Waals surface area (Å²) in [5.41, 5.74) is -0.967. The zero-order chi connectivity index (χ0) is 12.5. The molecule has 0 unspecified atom stereocenters. The minimum atomic E-state index is -4.31.